The maximum atomic E-state index is 11.4. The number of methoxy groups -OCH3 is 1. The third-order valence-corrected chi connectivity index (χ3v) is 3.13. The quantitative estimate of drug-likeness (QED) is 0.464. The lowest BCUT2D eigenvalue weighted by Crippen LogP contribution is -2.02. The molecule has 0 fully saturated rings. The number of Topliss-reactive ketones (excluding diaryl/α,β-unsaturated/α-hetero) is 1. The molecule has 0 N–H and O–H groups in total. The van der Waals surface area contributed by atoms with Crippen LogP contribution < -0.4 is 9.47 Å². The van der Waals surface area contributed by atoms with Crippen molar-refractivity contribution in [3.63, 3.8) is 0 Å². The van der Waals surface area contributed by atoms with Gasteiger partial charge in [-0.2, -0.15) is 0 Å². The number of hydrogen-bond acceptors (Lipinski definition) is 5. The van der Waals surface area contributed by atoms with Gasteiger partial charge < -0.3 is 9.47 Å². The second-order valence-electron chi connectivity index (χ2n) is 4.59. The van der Waals surface area contributed by atoms with Crippen LogP contribution in [0.15, 0.2) is 42.5 Å². The summed E-state index contributed by atoms with van der Waals surface area (Å²) in [6.07, 6.45) is 0. The van der Waals surface area contributed by atoms with Gasteiger partial charge in [-0.3, -0.25) is 14.9 Å². The summed E-state index contributed by atoms with van der Waals surface area (Å²) < 4.78 is 10.8. The monoisotopic (exact) mass is 301 g/mol. The fourth-order valence-electron chi connectivity index (χ4n) is 2.03. The van der Waals surface area contributed by atoms with Crippen LogP contribution in [0.25, 0.3) is 0 Å². The number of hydrogen-bond donors (Lipinski definition) is 0. The van der Waals surface area contributed by atoms with Crippen molar-refractivity contribution in [2.24, 2.45) is 0 Å². The van der Waals surface area contributed by atoms with Crippen LogP contribution in [0.2, 0.25) is 0 Å². The van der Waals surface area contributed by atoms with E-state index in [1.807, 2.05) is 18.2 Å². The Morgan fingerprint density at radius 2 is 1.95 bits per heavy atom. The average molecular weight is 301 g/mol. The number of carbonyl (C=O) groups excluding carboxylic acids is 1. The van der Waals surface area contributed by atoms with Gasteiger partial charge in [0.25, 0.3) is 5.69 Å². The van der Waals surface area contributed by atoms with E-state index in [1.165, 1.54) is 19.1 Å². The van der Waals surface area contributed by atoms with Gasteiger partial charge in [0.05, 0.1) is 23.7 Å². The number of ketones is 1. The van der Waals surface area contributed by atoms with Crippen LogP contribution in [-0.4, -0.2) is 17.8 Å². The number of ether oxygens (including phenoxy) is 2. The minimum absolute atomic E-state index is 0.0645. The number of nitro benzene ring substituents is 1. The number of carbonyl (C=O) groups is 1. The number of nitrogens with zero attached hydrogens (tertiary/aromatic N) is 1. The lowest BCUT2D eigenvalue weighted by molar-refractivity contribution is -0.385. The molecule has 0 radical (unpaired) electrons. The molecule has 0 heterocycles. The molecule has 0 amide bonds. The summed E-state index contributed by atoms with van der Waals surface area (Å²) in [6.45, 7) is 1.50. The second-order valence-corrected chi connectivity index (χ2v) is 4.59. The first-order chi connectivity index (χ1) is 10.5. The molecular formula is C16H15NO5. The van der Waals surface area contributed by atoms with Crippen molar-refractivity contribution in [3.8, 4) is 11.5 Å². The fraction of sp³-hybridized carbons (Fsp3) is 0.188. The van der Waals surface area contributed by atoms with Crippen LogP contribution in [0.3, 0.4) is 0 Å². The lowest BCUT2D eigenvalue weighted by atomic mass is 10.1. The van der Waals surface area contributed by atoms with E-state index >= 15 is 0 Å². The van der Waals surface area contributed by atoms with Gasteiger partial charge in [0.15, 0.2) is 5.78 Å². The summed E-state index contributed by atoms with van der Waals surface area (Å²) >= 11 is 0. The van der Waals surface area contributed by atoms with Crippen molar-refractivity contribution in [2.45, 2.75) is 13.5 Å². The first kappa shape index (κ1) is 15.5. The molecule has 22 heavy (non-hydrogen) atoms. The van der Waals surface area contributed by atoms with Gasteiger partial charge in [-0.15, -0.1) is 0 Å². The zero-order valence-electron chi connectivity index (χ0n) is 12.2. The maximum Gasteiger partial charge on any atom is 0.283 e. The molecule has 2 aromatic carbocycles. The molecule has 0 aliphatic carbocycles. The topological polar surface area (TPSA) is 78.7 Å². The molecule has 0 bridgehead atoms. The van der Waals surface area contributed by atoms with Crippen molar-refractivity contribution in [1.82, 2.24) is 0 Å². The van der Waals surface area contributed by atoms with Crippen LogP contribution in [-0.2, 0) is 6.61 Å². The van der Waals surface area contributed by atoms with E-state index in [-0.39, 0.29) is 23.6 Å². The van der Waals surface area contributed by atoms with E-state index in [1.54, 1.807) is 19.2 Å². The average Bonchev–Trinajstić information content (AvgIpc) is 2.52. The van der Waals surface area contributed by atoms with Crippen molar-refractivity contribution >= 4 is 11.5 Å². The van der Waals surface area contributed by atoms with Crippen LogP contribution in [0.1, 0.15) is 22.8 Å². The van der Waals surface area contributed by atoms with E-state index in [0.29, 0.717) is 11.5 Å². The summed E-state index contributed by atoms with van der Waals surface area (Å²) in [5, 5.41) is 11.0. The van der Waals surface area contributed by atoms with Crippen molar-refractivity contribution in [3.05, 3.63) is 63.7 Å². The molecule has 0 atom stereocenters. The van der Waals surface area contributed by atoms with Crippen LogP contribution >= 0.6 is 0 Å². The Hall–Kier alpha value is -2.89. The van der Waals surface area contributed by atoms with Crippen molar-refractivity contribution in [2.75, 3.05) is 7.11 Å². The zero-order chi connectivity index (χ0) is 16.1. The van der Waals surface area contributed by atoms with Crippen LogP contribution in [0, 0.1) is 10.1 Å². The van der Waals surface area contributed by atoms with E-state index in [4.69, 9.17) is 9.47 Å². The molecular weight excluding hydrogens is 286 g/mol. The molecule has 0 aliphatic rings. The van der Waals surface area contributed by atoms with E-state index < -0.39 is 4.92 Å². The highest BCUT2D eigenvalue weighted by molar-refractivity contribution is 5.98. The Kier molecular flexibility index (Phi) is 4.73. The number of para-hydroxylation sites is 1. The molecule has 0 aromatic heterocycles. The molecule has 0 aliphatic heterocycles. The predicted octanol–water partition coefficient (Wildman–Crippen LogP) is 3.39. The molecule has 6 heteroatoms. The Labute approximate surface area is 127 Å². The Bertz CT molecular complexity index is 711. The minimum atomic E-state index is -0.591. The van der Waals surface area contributed by atoms with E-state index in [9.17, 15) is 14.9 Å². The summed E-state index contributed by atoms with van der Waals surface area (Å²) in [5.41, 5.74) is 0.628. The summed E-state index contributed by atoms with van der Waals surface area (Å²) in [5.74, 6) is 0.642. The smallest absolute Gasteiger partial charge is 0.283 e. The van der Waals surface area contributed by atoms with Crippen LogP contribution in [0.4, 0.5) is 5.69 Å². The van der Waals surface area contributed by atoms with Gasteiger partial charge in [-0.05, 0) is 25.1 Å². The van der Waals surface area contributed by atoms with Gasteiger partial charge >= 0.3 is 0 Å². The minimum Gasteiger partial charge on any atom is -0.496 e. The Balaban J connectivity index is 2.22. The van der Waals surface area contributed by atoms with E-state index in [2.05, 4.69) is 0 Å². The Morgan fingerprint density at radius 3 is 2.59 bits per heavy atom. The standard InChI is InChI=1S/C16H15NO5/c1-11(18)14-8-7-13(9-15(14)17(19)20)22-10-12-5-3-4-6-16(12)21-2/h3-9H,10H2,1-2H3. The van der Waals surface area contributed by atoms with E-state index in [0.717, 1.165) is 5.56 Å². The van der Waals surface area contributed by atoms with Gasteiger partial charge in [-0.25, -0.2) is 0 Å². The van der Waals surface area contributed by atoms with Crippen molar-refractivity contribution < 1.29 is 19.2 Å². The largest absolute Gasteiger partial charge is 0.496 e. The molecule has 0 saturated heterocycles. The van der Waals surface area contributed by atoms with Gasteiger partial charge in [0.2, 0.25) is 0 Å². The zero-order valence-corrected chi connectivity index (χ0v) is 12.2. The lowest BCUT2D eigenvalue weighted by Gasteiger charge is -2.10. The summed E-state index contributed by atoms with van der Waals surface area (Å²) in [7, 11) is 1.56. The molecule has 6 nitrogen and oxygen atoms in total. The summed E-state index contributed by atoms with van der Waals surface area (Å²) in [6, 6.07) is 11.5. The predicted molar refractivity (Wildman–Crippen MR) is 80.4 cm³/mol. The SMILES string of the molecule is COc1ccccc1COc1ccc(C(C)=O)c([N+](=O)[O-])c1. The molecule has 2 aromatic rings. The van der Waals surface area contributed by atoms with Gasteiger partial charge in [0.1, 0.15) is 18.1 Å². The number of nitro groups is 1. The third kappa shape index (κ3) is 3.41. The molecule has 0 saturated carbocycles. The highest BCUT2D eigenvalue weighted by Gasteiger charge is 2.18. The Morgan fingerprint density at radius 1 is 1.23 bits per heavy atom. The second kappa shape index (κ2) is 6.71. The number of benzene rings is 2. The molecule has 0 unspecified atom stereocenters. The third-order valence-electron chi connectivity index (χ3n) is 3.13. The molecule has 2 rings (SSSR count). The maximum absolute atomic E-state index is 11.4. The first-order valence-electron chi connectivity index (χ1n) is 6.57. The van der Waals surface area contributed by atoms with Crippen LogP contribution in [0.5, 0.6) is 11.5 Å². The molecule has 0 spiro atoms. The molecule has 114 valence electrons. The highest BCUT2D eigenvalue weighted by Crippen LogP contribution is 2.26. The fourth-order valence-corrected chi connectivity index (χ4v) is 2.03. The van der Waals surface area contributed by atoms with Gasteiger partial charge in [-0.1, -0.05) is 18.2 Å². The summed E-state index contributed by atoms with van der Waals surface area (Å²) in [4.78, 5) is 21.8. The first-order valence-corrected chi connectivity index (χ1v) is 6.57. The van der Waals surface area contributed by atoms with Gasteiger partial charge in [0, 0.05) is 5.56 Å². The van der Waals surface area contributed by atoms with Crippen molar-refractivity contribution in [1.29, 1.82) is 0 Å². The highest BCUT2D eigenvalue weighted by atomic mass is 16.6. The normalized spacial score (nSPS) is 10.1. The number of rotatable bonds is 6.